The maximum Gasteiger partial charge on any atom is 0.277 e. The van der Waals surface area contributed by atoms with Gasteiger partial charge in [0, 0.05) is 30.4 Å². The Labute approximate surface area is 106 Å². The summed E-state index contributed by atoms with van der Waals surface area (Å²) < 4.78 is 28.1. The summed E-state index contributed by atoms with van der Waals surface area (Å²) in [6, 6.07) is 2.84. The predicted molar refractivity (Wildman–Crippen MR) is 63.1 cm³/mol. The van der Waals surface area contributed by atoms with E-state index >= 15 is 0 Å². The highest BCUT2D eigenvalue weighted by molar-refractivity contribution is 8.12. The van der Waals surface area contributed by atoms with E-state index in [-0.39, 0.29) is 17.9 Å². The second-order valence-corrected chi connectivity index (χ2v) is 4.45. The zero-order chi connectivity index (χ0) is 13.1. The Balaban J connectivity index is 2.14. The number of nitrogens with one attached hydrogen (secondary N) is 1. The van der Waals surface area contributed by atoms with Crippen molar-refractivity contribution in [3.05, 3.63) is 35.4 Å². The van der Waals surface area contributed by atoms with Crippen LogP contribution in [0.4, 0.5) is 8.78 Å². The highest BCUT2D eigenvalue weighted by Gasteiger charge is 2.16. The van der Waals surface area contributed by atoms with E-state index in [1.807, 2.05) is 0 Å². The maximum absolute atomic E-state index is 12.9. The van der Waals surface area contributed by atoms with Crippen molar-refractivity contribution in [2.45, 2.75) is 12.8 Å². The van der Waals surface area contributed by atoms with Crippen LogP contribution in [-0.4, -0.2) is 16.9 Å². The monoisotopic (exact) mass is 270 g/mol. The van der Waals surface area contributed by atoms with Crippen molar-refractivity contribution in [2.24, 2.45) is 4.99 Å². The van der Waals surface area contributed by atoms with Crippen LogP contribution in [0, 0.1) is 11.6 Å². The van der Waals surface area contributed by atoms with Gasteiger partial charge in [-0.15, -0.1) is 0 Å². The Kier molecular flexibility index (Phi) is 3.71. The maximum atomic E-state index is 12.9. The normalized spacial score (nSPS) is 17.7. The molecule has 0 aromatic heterocycles. The predicted octanol–water partition coefficient (Wildman–Crippen LogP) is 2.06. The van der Waals surface area contributed by atoms with Crippen molar-refractivity contribution < 1.29 is 18.4 Å². The van der Waals surface area contributed by atoms with Crippen molar-refractivity contribution in [1.29, 1.82) is 0 Å². The second kappa shape index (κ2) is 5.26. The molecule has 1 saturated heterocycles. The van der Waals surface area contributed by atoms with Crippen molar-refractivity contribution in [2.75, 3.05) is 0 Å². The molecule has 7 heteroatoms. The van der Waals surface area contributed by atoms with Gasteiger partial charge in [-0.25, -0.2) is 13.8 Å². The summed E-state index contributed by atoms with van der Waals surface area (Å²) in [5, 5.41) is 0.448. The molecule has 2 amide bonds. The van der Waals surface area contributed by atoms with Gasteiger partial charge >= 0.3 is 0 Å². The third kappa shape index (κ3) is 2.92. The summed E-state index contributed by atoms with van der Waals surface area (Å²) in [6.45, 7) is 0. The van der Waals surface area contributed by atoms with Gasteiger partial charge in [-0.05, 0) is 18.2 Å². The Morgan fingerprint density at radius 1 is 1.28 bits per heavy atom. The van der Waals surface area contributed by atoms with Crippen LogP contribution in [0.25, 0.3) is 0 Å². The highest BCUT2D eigenvalue weighted by atomic mass is 32.2. The van der Waals surface area contributed by atoms with Crippen LogP contribution in [0.15, 0.2) is 23.2 Å². The zero-order valence-corrected chi connectivity index (χ0v) is 9.89. The SMILES string of the molecule is O=C1CC/C(=N/C(=O)c2ccc(F)c(F)c2)SN1. The number of rotatable bonds is 1. The van der Waals surface area contributed by atoms with Crippen molar-refractivity contribution >= 4 is 28.8 Å². The summed E-state index contributed by atoms with van der Waals surface area (Å²) in [5.41, 5.74) is -0.0288. The fourth-order valence-corrected chi connectivity index (χ4v) is 1.99. The van der Waals surface area contributed by atoms with Crippen LogP contribution < -0.4 is 4.72 Å². The summed E-state index contributed by atoms with van der Waals surface area (Å²) in [7, 11) is 0. The van der Waals surface area contributed by atoms with Gasteiger partial charge in [0.15, 0.2) is 11.6 Å². The summed E-state index contributed by atoms with van der Waals surface area (Å²) in [6.07, 6.45) is 0.628. The average Bonchev–Trinajstić information content (AvgIpc) is 2.35. The number of carbonyl (C=O) groups excluding carboxylic acids is 2. The number of aliphatic imine (C=N–C) groups is 1. The molecule has 1 aromatic rings. The summed E-state index contributed by atoms with van der Waals surface area (Å²) in [4.78, 5) is 26.3. The number of hydrogen-bond acceptors (Lipinski definition) is 3. The molecule has 1 fully saturated rings. The number of halogens is 2. The molecule has 0 spiro atoms. The molecule has 1 aromatic carbocycles. The lowest BCUT2D eigenvalue weighted by molar-refractivity contribution is -0.119. The van der Waals surface area contributed by atoms with Gasteiger partial charge in [0.05, 0.1) is 5.04 Å². The van der Waals surface area contributed by atoms with Crippen molar-refractivity contribution in [3.63, 3.8) is 0 Å². The van der Waals surface area contributed by atoms with E-state index in [4.69, 9.17) is 0 Å². The van der Waals surface area contributed by atoms with Crippen molar-refractivity contribution in [3.8, 4) is 0 Å². The minimum absolute atomic E-state index is 0.0288. The minimum atomic E-state index is -1.09. The number of benzene rings is 1. The van der Waals surface area contributed by atoms with E-state index in [1.165, 1.54) is 0 Å². The van der Waals surface area contributed by atoms with Gasteiger partial charge < -0.3 is 0 Å². The quantitative estimate of drug-likeness (QED) is 0.795. The smallest absolute Gasteiger partial charge is 0.277 e. The van der Waals surface area contributed by atoms with Gasteiger partial charge in [-0.1, -0.05) is 0 Å². The van der Waals surface area contributed by atoms with Gasteiger partial charge in [0.25, 0.3) is 5.91 Å². The molecule has 94 valence electrons. The van der Waals surface area contributed by atoms with Crippen LogP contribution in [0.2, 0.25) is 0 Å². The molecule has 1 aliphatic rings. The van der Waals surface area contributed by atoms with Gasteiger partial charge in [0.2, 0.25) is 5.91 Å². The van der Waals surface area contributed by atoms with Crippen LogP contribution in [0.5, 0.6) is 0 Å². The second-order valence-electron chi connectivity index (χ2n) is 3.57. The Morgan fingerprint density at radius 2 is 2.06 bits per heavy atom. The molecule has 0 atom stereocenters. The first-order valence-electron chi connectivity index (χ1n) is 5.09. The number of amides is 2. The zero-order valence-electron chi connectivity index (χ0n) is 9.07. The molecule has 0 radical (unpaired) electrons. The Bertz CT molecular complexity index is 534. The van der Waals surface area contributed by atoms with Gasteiger partial charge in [0.1, 0.15) is 0 Å². The van der Waals surface area contributed by atoms with E-state index in [9.17, 15) is 18.4 Å². The van der Waals surface area contributed by atoms with E-state index in [0.29, 0.717) is 11.5 Å². The third-order valence-corrected chi connectivity index (χ3v) is 3.10. The first-order valence-corrected chi connectivity index (χ1v) is 5.90. The first-order chi connectivity index (χ1) is 8.56. The van der Waals surface area contributed by atoms with E-state index in [1.54, 1.807) is 0 Å². The lowest BCUT2D eigenvalue weighted by atomic mass is 10.2. The molecular weight excluding hydrogens is 262 g/mol. The highest BCUT2D eigenvalue weighted by Crippen LogP contribution is 2.15. The third-order valence-electron chi connectivity index (χ3n) is 2.24. The van der Waals surface area contributed by atoms with Crippen LogP contribution >= 0.6 is 11.9 Å². The van der Waals surface area contributed by atoms with Gasteiger partial charge in [-0.3, -0.25) is 14.3 Å². The van der Waals surface area contributed by atoms with Crippen LogP contribution in [0.1, 0.15) is 23.2 Å². The molecule has 0 aliphatic carbocycles. The molecule has 4 nitrogen and oxygen atoms in total. The molecule has 1 heterocycles. The Morgan fingerprint density at radius 3 is 2.67 bits per heavy atom. The largest absolute Gasteiger partial charge is 0.295 e. The minimum Gasteiger partial charge on any atom is -0.295 e. The van der Waals surface area contributed by atoms with Crippen molar-refractivity contribution in [1.82, 2.24) is 4.72 Å². The summed E-state index contributed by atoms with van der Waals surface area (Å²) in [5.74, 6) is -2.89. The fraction of sp³-hybridized carbons (Fsp3) is 0.182. The standard InChI is InChI=1S/C11H8F2N2O2S/c12-7-2-1-6(5-8(7)13)11(17)14-10-4-3-9(16)15-18-10/h1-2,5H,3-4H2,(H,15,16)/b14-10-. The lowest BCUT2D eigenvalue weighted by Gasteiger charge is -2.11. The fourth-order valence-electron chi connectivity index (χ4n) is 1.32. The Hall–Kier alpha value is -1.76. The molecule has 1 aliphatic heterocycles. The topological polar surface area (TPSA) is 58.5 Å². The molecule has 2 rings (SSSR count). The van der Waals surface area contributed by atoms with E-state index in [2.05, 4.69) is 9.71 Å². The lowest BCUT2D eigenvalue weighted by Crippen LogP contribution is -2.24. The van der Waals surface area contributed by atoms with Gasteiger partial charge in [-0.2, -0.15) is 0 Å². The summed E-state index contributed by atoms with van der Waals surface area (Å²) >= 11 is 0.963. The molecule has 18 heavy (non-hydrogen) atoms. The number of carbonyl (C=O) groups is 2. The molecule has 1 N–H and O–H groups in total. The first kappa shape index (κ1) is 12.7. The molecule has 0 saturated carbocycles. The van der Waals surface area contributed by atoms with E-state index in [0.717, 1.165) is 30.1 Å². The molecule has 0 unspecified atom stereocenters. The molecule has 0 bridgehead atoms. The van der Waals surface area contributed by atoms with E-state index < -0.39 is 17.5 Å². The van der Waals surface area contributed by atoms with Crippen LogP contribution in [-0.2, 0) is 4.79 Å². The average molecular weight is 270 g/mol. The van der Waals surface area contributed by atoms with Crippen LogP contribution in [0.3, 0.4) is 0 Å². The number of hydrogen-bond donors (Lipinski definition) is 1. The molecular formula is C11H8F2N2O2S. The number of nitrogens with zero attached hydrogens (tertiary/aromatic N) is 1.